The standard InChI is InChI=1S/C13H18BrNO/c1-10-6-7-15(9-13(10)14)8-11-2-4-12(16)5-3-11/h2-5,10,13,16H,6-9H2,1H3. The van der Waals surface area contributed by atoms with E-state index < -0.39 is 0 Å². The van der Waals surface area contributed by atoms with Gasteiger partial charge in [0.25, 0.3) is 0 Å². The third-order valence-electron chi connectivity index (χ3n) is 3.29. The van der Waals surface area contributed by atoms with Crippen LogP contribution in [0.5, 0.6) is 5.75 Å². The molecule has 88 valence electrons. The summed E-state index contributed by atoms with van der Waals surface area (Å²) in [7, 11) is 0. The van der Waals surface area contributed by atoms with Gasteiger partial charge in [0.05, 0.1) is 0 Å². The molecule has 1 saturated heterocycles. The summed E-state index contributed by atoms with van der Waals surface area (Å²) in [5.74, 6) is 1.12. The monoisotopic (exact) mass is 283 g/mol. The second-order valence-electron chi connectivity index (χ2n) is 4.68. The van der Waals surface area contributed by atoms with Gasteiger partial charge in [-0.15, -0.1) is 0 Å². The van der Waals surface area contributed by atoms with Crippen molar-refractivity contribution in [3.8, 4) is 5.75 Å². The topological polar surface area (TPSA) is 23.5 Å². The number of aromatic hydroxyl groups is 1. The Balaban J connectivity index is 1.93. The van der Waals surface area contributed by atoms with Crippen molar-refractivity contribution < 1.29 is 5.11 Å². The second-order valence-corrected chi connectivity index (χ2v) is 5.86. The number of halogens is 1. The normalized spacial score (nSPS) is 26.9. The molecule has 1 heterocycles. The fourth-order valence-corrected chi connectivity index (χ4v) is 2.76. The molecule has 2 rings (SSSR count). The summed E-state index contributed by atoms with van der Waals surface area (Å²) in [6.07, 6.45) is 1.26. The molecule has 0 aliphatic carbocycles. The first kappa shape index (κ1) is 11.9. The molecule has 0 bridgehead atoms. The SMILES string of the molecule is CC1CCN(Cc2ccc(O)cc2)CC1Br. The second kappa shape index (κ2) is 5.19. The molecule has 0 spiro atoms. The van der Waals surface area contributed by atoms with Crippen LogP contribution in [0, 0.1) is 5.92 Å². The van der Waals surface area contributed by atoms with Crippen LogP contribution in [0.3, 0.4) is 0 Å². The number of nitrogens with zero attached hydrogens (tertiary/aromatic N) is 1. The molecule has 3 heteroatoms. The zero-order valence-corrected chi connectivity index (χ0v) is 11.2. The molecule has 0 aromatic heterocycles. The van der Waals surface area contributed by atoms with E-state index in [4.69, 9.17) is 0 Å². The van der Waals surface area contributed by atoms with Gasteiger partial charge in [0.1, 0.15) is 5.75 Å². The summed E-state index contributed by atoms with van der Waals surface area (Å²) in [6.45, 7) is 5.57. The Bertz CT molecular complexity index is 338. The minimum absolute atomic E-state index is 0.342. The minimum atomic E-state index is 0.342. The van der Waals surface area contributed by atoms with E-state index in [2.05, 4.69) is 27.8 Å². The van der Waals surface area contributed by atoms with Crippen molar-refractivity contribution in [2.75, 3.05) is 13.1 Å². The maximum absolute atomic E-state index is 9.22. The zero-order valence-electron chi connectivity index (χ0n) is 9.56. The molecule has 1 aromatic carbocycles. The summed E-state index contributed by atoms with van der Waals surface area (Å²) in [5.41, 5.74) is 1.27. The Morgan fingerprint density at radius 3 is 2.69 bits per heavy atom. The lowest BCUT2D eigenvalue weighted by atomic mass is 9.98. The predicted octanol–water partition coefficient (Wildman–Crippen LogP) is 3.00. The van der Waals surface area contributed by atoms with Gasteiger partial charge in [0.15, 0.2) is 0 Å². The van der Waals surface area contributed by atoms with Crippen LogP contribution < -0.4 is 0 Å². The van der Waals surface area contributed by atoms with E-state index in [9.17, 15) is 5.11 Å². The number of likely N-dealkylation sites (tertiary alicyclic amines) is 1. The van der Waals surface area contributed by atoms with Gasteiger partial charge in [-0.05, 0) is 36.6 Å². The highest BCUT2D eigenvalue weighted by Gasteiger charge is 2.23. The predicted molar refractivity (Wildman–Crippen MR) is 69.9 cm³/mol. The molecule has 0 amide bonds. The Kier molecular flexibility index (Phi) is 3.87. The molecule has 2 atom stereocenters. The number of hydrogen-bond acceptors (Lipinski definition) is 2. The molecule has 0 saturated carbocycles. The van der Waals surface area contributed by atoms with E-state index in [1.807, 2.05) is 12.1 Å². The average Bonchev–Trinajstić information content (AvgIpc) is 2.27. The van der Waals surface area contributed by atoms with Crippen LogP contribution in [-0.4, -0.2) is 27.9 Å². The molecule has 2 nitrogen and oxygen atoms in total. The van der Waals surface area contributed by atoms with Gasteiger partial charge in [-0.25, -0.2) is 0 Å². The highest BCUT2D eigenvalue weighted by Crippen LogP contribution is 2.24. The van der Waals surface area contributed by atoms with E-state index in [1.54, 1.807) is 12.1 Å². The van der Waals surface area contributed by atoms with E-state index >= 15 is 0 Å². The number of rotatable bonds is 2. The molecule has 2 unspecified atom stereocenters. The lowest BCUT2D eigenvalue weighted by Crippen LogP contribution is -2.39. The van der Waals surface area contributed by atoms with Gasteiger partial charge in [-0.1, -0.05) is 35.0 Å². The number of benzene rings is 1. The van der Waals surface area contributed by atoms with Crippen molar-refractivity contribution in [3.05, 3.63) is 29.8 Å². The fourth-order valence-electron chi connectivity index (χ4n) is 2.09. The van der Waals surface area contributed by atoms with E-state index in [0.29, 0.717) is 10.6 Å². The first-order valence-corrected chi connectivity index (χ1v) is 6.71. The highest BCUT2D eigenvalue weighted by atomic mass is 79.9. The van der Waals surface area contributed by atoms with Crippen molar-refractivity contribution in [3.63, 3.8) is 0 Å². The number of alkyl halides is 1. The van der Waals surface area contributed by atoms with Crippen molar-refractivity contribution in [1.82, 2.24) is 4.90 Å². The summed E-state index contributed by atoms with van der Waals surface area (Å²) >= 11 is 3.74. The maximum atomic E-state index is 9.22. The van der Waals surface area contributed by atoms with Gasteiger partial charge < -0.3 is 5.11 Å². The smallest absolute Gasteiger partial charge is 0.115 e. The van der Waals surface area contributed by atoms with Crippen LogP contribution in [0.2, 0.25) is 0 Å². The number of piperidine rings is 1. The van der Waals surface area contributed by atoms with E-state index in [0.717, 1.165) is 19.0 Å². The third-order valence-corrected chi connectivity index (χ3v) is 4.49. The molecule has 1 aliphatic rings. The van der Waals surface area contributed by atoms with E-state index in [1.165, 1.54) is 18.5 Å². The van der Waals surface area contributed by atoms with Crippen molar-refractivity contribution in [2.24, 2.45) is 5.92 Å². The van der Waals surface area contributed by atoms with Crippen molar-refractivity contribution in [2.45, 2.75) is 24.7 Å². The Morgan fingerprint density at radius 1 is 1.38 bits per heavy atom. The molecule has 1 aliphatic heterocycles. The lowest BCUT2D eigenvalue weighted by molar-refractivity contribution is 0.194. The number of hydrogen-bond donors (Lipinski definition) is 1. The Labute approximate surface area is 105 Å². The number of phenolic OH excluding ortho intramolecular Hbond substituents is 1. The Morgan fingerprint density at radius 2 is 2.06 bits per heavy atom. The quantitative estimate of drug-likeness (QED) is 0.844. The molecule has 1 N–H and O–H groups in total. The first-order chi connectivity index (χ1) is 7.65. The minimum Gasteiger partial charge on any atom is -0.508 e. The molecular weight excluding hydrogens is 266 g/mol. The molecule has 16 heavy (non-hydrogen) atoms. The Hall–Kier alpha value is -0.540. The number of phenols is 1. The van der Waals surface area contributed by atoms with Gasteiger partial charge in [0, 0.05) is 17.9 Å². The van der Waals surface area contributed by atoms with Crippen LogP contribution >= 0.6 is 15.9 Å². The van der Waals surface area contributed by atoms with Crippen LogP contribution in [0.4, 0.5) is 0 Å². The summed E-state index contributed by atoms with van der Waals surface area (Å²) < 4.78 is 0. The third kappa shape index (κ3) is 2.98. The summed E-state index contributed by atoms with van der Waals surface area (Å²) in [6, 6.07) is 7.51. The van der Waals surface area contributed by atoms with Crippen LogP contribution in [-0.2, 0) is 6.54 Å². The van der Waals surface area contributed by atoms with Gasteiger partial charge >= 0.3 is 0 Å². The van der Waals surface area contributed by atoms with Gasteiger partial charge in [-0.2, -0.15) is 0 Å². The van der Waals surface area contributed by atoms with Crippen LogP contribution in [0.25, 0.3) is 0 Å². The zero-order chi connectivity index (χ0) is 11.5. The van der Waals surface area contributed by atoms with Crippen molar-refractivity contribution >= 4 is 15.9 Å². The fraction of sp³-hybridized carbons (Fsp3) is 0.538. The maximum Gasteiger partial charge on any atom is 0.115 e. The molecule has 1 fully saturated rings. The highest BCUT2D eigenvalue weighted by molar-refractivity contribution is 9.09. The van der Waals surface area contributed by atoms with Gasteiger partial charge in [-0.3, -0.25) is 4.90 Å². The van der Waals surface area contributed by atoms with Gasteiger partial charge in [0.2, 0.25) is 0 Å². The molecular formula is C13H18BrNO. The van der Waals surface area contributed by atoms with Crippen molar-refractivity contribution in [1.29, 1.82) is 0 Å². The lowest BCUT2D eigenvalue weighted by Gasteiger charge is -2.34. The molecule has 0 radical (unpaired) electrons. The average molecular weight is 284 g/mol. The summed E-state index contributed by atoms with van der Waals surface area (Å²) in [4.78, 5) is 3.07. The van der Waals surface area contributed by atoms with Crippen LogP contribution in [0.1, 0.15) is 18.9 Å². The summed E-state index contributed by atoms with van der Waals surface area (Å²) in [5, 5.41) is 9.22. The van der Waals surface area contributed by atoms with E-state index in [-0.39, 0.29) is 0 Å². The largest absolute Gasteiger partial charge is 0.508 e. The molecule has 1 aromatic rings. The first-order valence-electron chi connectivity index (χ1n) is 5.79. The van der Waals surface area contributed by atoms with Crippen LogP contribution in [0.15, 0.2) is 24.3 Å².